The van der Waals surface area contributed by atoms with Gasteiger partial charge in [0, 0.05) is 18.1 Å². The number of hydrogen-bond donors (Lipinski definition) is 10. The zero-order chi connectivity index (χ0) is 23.9. The lowest BCUT2D eigenvalue weighted by Crippen LogP contribution is -2.68. The first kappa shape index (κ1) is 29.0. The molecule has 0 aromatic heterocycles. The molecule has 14 nitrogen and oxygen atoms in total. The fraction of sp³-hybridized carbons (Fsp3) is 1.00. The van der Waals surface area contributed by atoms with E-state index >= 15 is 0 Å². The van der Waals surface area contributed by atoms with Crippen molar-refractivity contribution in [3.63, 3.8) is 0 Å². The van der Waals surface area contributed by atoms with Crippen LogP contribution in [0.15, 0.2) is 0 Å². The van der Waals surface area contributed by atoms with Crippen LogP contribution in [0.25, 0.3) is 0 Å². The third-order valence-corrected chi connectivity index (χ3v) is 6.35. The summed E-state index contributed by atoms with van der Waals surface area (Å²) in [5.41, 5.74) is 23.9. The molecule has 3 fully saturated rings. The zero-order valence-electron chi connectivity index (χ0n) is 18.2. The van der Waals surface area contributed by atoms with Crippen LogP contribution in [-0.4, -0.2) is 129 Å². The van der Waals surface area contributed by atoms with Gasteiger partial charge in [0.15, 0.2) is 12.6 Å². The standard InChI is InChI=1S/C18H36N4O10.H2S/c1-4(19)14-12(27)13(28)18(30-14)32-16-9(24)5(20)2-6(21)15(16)31-17-8(22)11(26)10(25)7(3-23)29-17;/h4-18,23-28H,2-3,19-22H2,1H3;1H2/t4-,5+,6?,7?,8?,9?,10+,11+,12+,13?,14+,15+,16+,17+,18-;/m0./s1. The molecule has 0 radical (unpaired) electrons. The molecule has 0 spiro atoms. The Hall–Kier alpha value is -0.210. The molecule has 1 saturated carbocycles. The monoisotopic (exact) mass is 502 g/mol. The maximum absolute atomic E-state index is 10.7. The van der Waals surface area contributed by atoms with E-state index in [-0.39, 0.29) is 19.9 Å². The van der Waals surface area contributed by atoms with Crippen LogP contribution in [0.5, 0.6) is 0 Å². The summed E-state index contributed by atoms with van der Waals surface area (Å²) in [6, 6.07) is -3.39. The van der Waals surface area contributed by atoms with Crippen molar-refractivity contribution in [3.05, 3.63) is 0 Å². The Morgan fingerprint density at radius 3 is 1.97 bits per heavy atom. The molecule has 2 saturated heterocycles. The summed E-state index contributed by atoms with van der Waals surface area (Å²) >= 11 is 0. The predicted molar refractivity (Wildman–Crippen MR) is 117 cm³/mol. The van der Waals surface area contributed by atoms with Crippen molar-refractivity contribution in [1.29, 1.82) is 0 Å². The summed E-state index contributed by atoms with van der Waals surface area (Å²) < 4.78 is 22.7. The molecule has 15 heteroatoms. The first-order valence-electron chi connectivity index (χ1n) is 10.6. The largest absolute Gasteiger partial charge is 0.394 e. The van der Waals surface area contributed by atoms with Gasteiger partial charge in [0.25, 0.3) is 0 Å². The third-order valence-electron chi connectivity index (χ3n) is 6.35. The Balaban J connectivity index is 0.00000385. The van der Waals surface area contributed by atoms with E-state index in [0.29, 0.717) is 0 Å². The van der Waals surface area contributed by atoms with Crippen LogP contribution in [0.3, 0.4) is 0 Å². The molecular weight excluding hydrogens is 464 g/mol. The van der Waals surface area contributed by atoms with E-state index in [1.54, 1.807) is 6.92 Å². The molecule has 5 unspecified atom stereocenters. The van der Waals surface area contributed by atoms with Crippen molar-refractivity contribution in [3.8, 4) is 0 Å². The van der Waals surface area contributed by atoms with Crippen LogP contribution in [0.2, 0.25) is 0 Å². The minimum absolute atomic E-state index is 0. The second kappa shape index (κ2) is 11.7. The van der Waals surface area contributed by atoms with Crippen LogP contribution in [-0.2, 0) is 18.9 Å². The molecule has 0 aromatic carbocycles. The lowest BCUT2D eigenvalue weighted by molar-refractivity contribution is -0.310. The summed E-state index contributed by atoms with van der Waals surface area (Å²) in [4.78, 5) is 0. The normalized spacial score (nSPS) is 51.7. The fourth-order valence-electron chi connectivity index (χ4n) is 4.36. The van der Waals surface area contributed by atoms with Gasteiger partial charge in [-0.3, -0.25) is 0 Å². The Morgan fingerprint density at radius 2 is 1.42 bits per heavy atom. The van der Waals surface area contributed by atoms with E-state index in [1.807, 2.05) is 0 Å². The second-order valence-corrected chi connectivity index (χ2v) is 8.85. The van der Waals surface area contributed by atoms with Crippen LogP contribution in [0, 0.1) is 0 Å². The number of nitrogens with two attached hydrogens (primary N) is 4. The number of aliphatic hydroxyl groups is 6. The molecule has 33 heavy (non-hydrogen) atoms. The van der Waals surface area contributed by atoms with Crippen molar-refractivity contribution in [2.45, 2.75) is 105 Å². The molecule has 196 valence electrons. The molecule has 3 rings (SSSR count). The van der Waals surface area contributed by atoms with Crippen molar-refractivity contribution in [2.24, 2.45) is 22.9 Å². The Labute approximate surface area is 198 Å². The van der Waals surface area contributed by atoms with Gasteiger partial charge in [0.1, 0.15) is 48.8 Å². The van der Waals surface area contributed by atoms with Gasteiger partial charge < -0.3 is 72.5 Å². The first-order valence-corrected chi connectivity index (χ1v) is 10.6. The first-order chi connectivity index (χ1) is 15.0. The van der Waals surface area contributed by atoms with E-state index in [9.17, 15) is 30.6 Å². The maximum atomic E-state index is 10.7. The van der Waals surface area contributed by atoms with Gasteiger partial charge in [-0.25, -0.2) is 0 Å². The summed E-state index contributed by atoms with van der Waals surface area (Å²) in [7, 11) is 0. The topological polar surface area (TPSA) is 262 Å². The minimum Gasteiger partial charge on any atom is -0.394 e. The van der Waals surface area contributed by atoms with Gasteiger partial charge in [-0.05, 0) is 13.3 Å². The lowest BCUT2D eigenvalue weighted by Gasteiger charge is -2.47. The van der Waals surface area contributed by atoms with Gasteiger partial charge in [-0.1, -0.05) is 0 Å². The van der Waals surface area contributed by atoms with E-state index < -0.39 is 98.3 Å². The van der Waals surface area contributed by atoms with Gasteiger partial charge in [-0.15, -0.1) is 0 Å². The predicted octanol–water partition coefficient (Wildman–Crippen LogP) is -6.15. The molecule has 2 aliphatic heterocycles. The van der Waals surface area contributed by atoms with Crippen LogP contribution >= 0.6 is 13.5 Å². The molecule has 14 N–H and O–H groups in total. The molecule has 1 aliphatic carbocycles. The number of rotatable bonds is 6. The number of hydrogen-bond acceptors (Lipinski definition) is 14. The smallest absolute Gasteiger partial charge is 0.187 e. The molecule has 0 amide bonds. The molecule has 15 atom stereocenters. The Bertz CT molecular complexity index is 625. The van der Waals surface area contributed by atoms with E-state index in [4.69, 9.17) is 41.9 Å². The minimum atomic E-state index is -1.46. The van der Waals surface area contributed by atoms with Crippen molar-refractivity contribution < 1.29 is 49.6 Å². The van der Waals surface area contributed by atoms with E-state index in [1.165, 1.54) is 0 Å². The van der Waals surface area contributed by atoms with E-state index in [2.05, 4.69) is 0 Å². The maximum Gasteiger partial charge on any atom is 0.187 e. The summed E-state index contributed by atoms with van der Waals surface area (Å²) in [6.07, 6.45) is -13.9. The Kier molecular flexibility index (Phi) is 10.3. The van der Waals surface area contributed by atoms with Gasteiger partial charge in [-0.2, -0.15) is 13.5 Å². The zero-order valence-corrected chi connectivity index (χ0v) is 19.2. The third kappa shape index (κ3) is 5.79. The van der Waals surface area contributed by atoms with Crippen molar-refractivity contribution in [2.75, 3.05) is 6.61 Å². The van der Waals surface area contributed by atoms with Gasteiger partial charge >= 0.3 is 0 Å². The quantitative estimate of drug-likeness (QED) is 0.162. The second-order valence-electron chi connectivity index (χ2n) is 8.85. The highest BCUT2D eigenvalue weighted by atomic mass is 32.1. The highest BCUT2D eigenvalue weighted by Crippen LogP contribution is 2.32. The molecule has 2 heterocycles. The van der Waals surface area contributed by atoms with Crippen LogP contribution < -0.4 is 22.9 Å². The number of ether oxygens (including phenoxy) is 4. The highest BCUT2D eigenvalue weighted by molar-refractivity contribution is 7.59. The average molecular weight is 503 g/mol. The average Bonchev–Trinajstić information content (AvgIpc) is 3.03. The lowest BCUT2D eigenvalue weighted by atomic mass is 9.84. The van der Waals surface area contributed by atoms with Gasteiger partial charge in [0.05, 0.1) is 18.8 Å². The summed E-state index contributed by atoms with van der Waals surface area (Å²) in [5.74, 6) is 0. The molecule has 0 bridgehead atoms. The summed E-state index contributed by atoms with van der Waals surface area (Å²) in [6.45, 7) is 0.989. The molecule has 0 aromatic rings. The van der Waals surface area contributed by atoms with Crippen molar-refractivity contribution >= 4 is 13.5 Å². The van der Waals surface area contributed by atoms with Crippen molar-refractivity contribution in [1.82, 2.24) is 0 Å². The molecule has 3 aliphatic rings. The van der Waals surface area contributed by atoms with E-state index in [0.717, 1.165) is 0 Å². The Morgan fingerprint density at radius 1 is 0.818 bits per heavy atom. The SMILES string of the molecule is C[C@H](N)[C@H]1O[C@@H](O[C@@H]2C(O)[C@H](N)CC(N)[C@H]2O[C@H]2OC(CO)[C@@H](O)[C@H](O)C2N)C(O)[C@H]1O.S. The highest BCUT2D eigenvalue weighted by Gasteiger charge is 2.52. The number of aliphatic hydroxyl groups excluding tert-OH is 6. The molecular formula is C18H38N4O10S. The summed E-state index contributed by atoms with van der Waals surface area (Å²) in [5, 5.41) is 60.8. The van der Waals surface area contributed by atoms with Crippen LogP contribution in [0.1, 0.15) is 13.3 Å². The fourth-order valence-corrected chi connectivity index (χ4v) is 4.36. The van der Waals surface area contributed by atoms with Gasteiger partial charge in [0.2, 0.25) is 0 Å². The van der Waals surface area contributed by atoms with Crippen LogP contribution in [0.4, 0.5) is 0 Å².